The first-order chi connectivity index (χ1) is 16.4. The molecule has 1 saturated heterocycles. The van der Waals surface area contributed by atoms with E-state index in [2.05, 4.69) is 0 Å². The largest absolute Gasteiger partial charge is 0.465 e. The molecule has 0 bridgehead atoms. The molecule has 1 fully saturated rings. The summed E-state index contributed by atoms with van der Waals surface area (Å²) in [6.45, 7) is -0.510. The third kappa shape index (κ3) is 4.68. The van der Waals surface area contributed by atoms with E-state index in [1.54, 1.807) is 6.07 Å². The average Bonchev–Trinajstić information content (AvgIpc) is 3.01. The summed E-state index contributed by atoms with van der Waals surface area (Å²) in [6.07, 6.45) is -5.92. The quantitative estimate of drug-likeness (QED) is 0.312. The van der Waals surface area contributed by atoms with Crippen LogP contribution in [0.5, 0.6) is 0 Å². The molecule has 5 atom stereocenters. The SMILES string of the molecule is COC(=O)c1c(Cc2cc(CCl)cc(C3OC(CO)C(O)C(O)C3O)c2)cc2cccccc1-2. The number of aliphatic hydroxyl groups is 4. The van der Waals surface area contributed by atoms with Crippen LogP contribution in [-0.2, 0) is 21.8 Å². The summed E-state index contributed by atoms with van der Waals surface area (Å²) in [5.74, 6) is -0.236. The lowest BCUT2D eigenvalue weighted by Crippen LogP contribution is -2.55. The number of hydrogen-bond donors (Lipinski definition) is 4. The predicted octanol–water partition coefficient (Wildman–Crippen LogP) is 2.42. The number of carbonyl (C=O) groups excluding carboxylic acids is 1. The Kier molecular flexibility index (Phi) is 7.52. The van der Waals surface area contributed by atoms with Crippen LogP contribution in [-0.4, -0.2) is 64.5 Å². The zero-order valence-electron chi connectivity index (χ0n) is 18.6. The number of benzene rings is 1. The van der Waals surface area contributed by atoms with Gasteiger partial charge < -0.3 is 29.9 Å². The molecule has 1 heterocycles. The third-order valence-electron chi connectivity index (χ3n) is 6.23. The first kappa shape index (κ1) is 24.6. The zero-order chi connectivity index (χ0) is 24.4. The summed E-state index contributed by atoms with van der Waals surface area (Å²) < 4.78 is 10.8. The van der Waals surface area contributed by atoms with E-state index < -0.39 is 43.1 Å². The van der Waals surface area contributed by atoms with E-state index in [-0.39, 0.29) is 5.88 Å². The standard InChI is InChI=1S/C26H27ClO7/c1-33-26(32)21-17(11-16-5-3-2-4-6-19(16)21)8-14-7-15(12-27)10-18(9-14)25-24(31)23(30)22(29)20(13-28)34-25/h2-7,9-11,20,22-25,28-31H,8,12-13H2,1H3. The molecule has 1 aliphatic heterocycles. The second kappa shape index (κ2) is 10.4. The number of hydrogen-bond acceptors (Lipinski definition) is 7. The van der Waals surface area contributed by atoms with Crippen molar-refractivity contribution in [1.29, 1.82) is 0 Å². The van der Waals surface area contributed by atoms with Gasteiger partial charge in [-0.25, -0.2) is 4.79 Å². The molecule has 0 radical (unpaired) electrons. The van der Waals surface area contributed by atoms with Crippen LogP contribution in [0.1, 0.15) is 38.7 Å². The molecule has 4 rings (SSSR count). The maximum atomic E-state index is 12.6. The molecule has 34 heavy (non-hydrogen) atoms. The van der Waals surface area contributed by atoms with Gasteiger partial charge in [0.2, 0.25) is 0 Å². The van der Waals surface area contributed by atoms with Crippen molar-refractivity contribution in [2.75, 3.05) is 13.7 Å². The number of halogens is 1. The van der Waals surface area contributed by atoms with Crippen molar-refractivity contribution in [2.24, 2.45) is 0 Å². The summed E-state index contributed by atoms with van der Waals surface area (Å²) in [5, 5.41) is 40.4. The number of fused-ring (bicyclic) bond motifs is 1. The topological polar surface area (TPSA) is 116 Å². The van der Waals surface area contributed by atoms with E-state index in [0.29, 0.717) is 17.5 Å². The monoisotopic (exact) mass is 486 g/mol. The van der Waals surface area contributed by atoms with Crippen LogP contribution >= 0.6 is 11.6 Å². The molecule has 5 unspecified atom stereocenters. The lowest BCUT2D eigenvalue weighted by atomic mass is 9.89. The van der Waals surface area contributed by atoms with E-state index >= 15 is 0 Å². The number of carbonyl (C=O) groups is 1. The van der Waals surface area contributed by atoms with E-state index in [9.17, 15) is 25.2 Å². The Morgan fingerprint density at radius 3 is 2.44 bits per heavy atom. The first-order valence-corrected chi connectivity index (χ1v) is 11.5. The van der Waals surface area contributed by atoms with Crippen molar-refractivity contribution in [2.45, 2.75) is 42.8 Å². The molecule has 180 valence electrons. The number of methoxy groups -OCH3 is 1. The minimum atomic E-state index is -1.48. The molecule has 1 aromatic rings. The Hall–Kier alpha value is -2.52. The van der Waals surface area contributed by atoms with Crippen molar-refractivity contribution in [3.63, 3.8) is 0 Å². The van der Waals surface area contributed by atoms with Crippen molar-refractivity contribution in [3.8, 4) is 11.1 Å². The Bertz CT molecular complexity index is 1130. The van der Waals surface area contributed by atoms with Gasteiger partial charge in [0, 0.05) is 5.88 Å². The second-order valence-corrected chi connectivity index (χ2v) is 8.73. The van der Waals surface area contributed by atoms with Gasteiger partial charge in [0.25, 0.3) is 0 Å². The van der Waals surface area contributed by atoms with Crippen LogP contribution in [0.15, 0.2) is 54.6 Å². The molecule has 2 aliphatic carbocycles. The van der Waals surface area contributed by atoms with Gasteiger partial charge in [0.15, 0.2) is 0 Å². The van der Waals surface area contributed by atoms with Crippen LogP contribution in [0.25, 0.3) is 11.1 Å². The van der Waals surface area contributed by atoms with Crippen LogP contribution in [0.2, 0.25) is 0 Å². The molecule has 4 N–H and O–H groups in total. The van der Waals surface area contributed by atoms with Crippen molar-refractivity contribution < 1.29 is 34.7 Å². The number of ether oxygens (including phenoxy) is 2. The van der Waals surface area contributed by atoms with E-state index in [4.69, 9.17) is 21.1 Å². The number of aliphatic hydroxyl groups excluding tert-OH is 4. The molecule has 1 aromatic carbocycles. The fourth-order valence-corrected chi connectivity index (χ4v) is 4.72. The smallest absolute Gasteiger partial charge is 0.338 e. The highest BCUT2D eigenvalue weighted by molar-refractivity contribution is 6.17. The highest BCUT2D eigenvalue weighted by Crippen LogP contribution is 2.36. The van der Waals surface area contributed by atoms with Crippen LogP contribution in [0.3, 0.4) is 0 Å². The molecule has 8 heteroatoms. The normalized spacial score (nSPS) is 24.8. The van der Waals surface area contributed by atoms with Gasteiger partial charge in [0.1, 0.15) is 30.5 Å². The van der Waals surface area contributed by atoms with E-state index in [1.807, 2.05) is 48.5 Å². The van der Waals surface area contributed by atoms with E-state index in [1.165, 1.54) is 7.11 Å². The van der Waals surface area contributed by atoms with Gasteiger partial charge in [-0.3, -0.25) is 0 Å². The number of alkyl halides is 1. The van der Waals surface area contributed by atoms with Gasteiger partial charge in [0.05, 0.1) is 19.3 Å². The minimum Gasteiger partial charge on any atom is -0.465 e. The van der Waals surface area contributed by atoms with Crippen molar-refractivity contribution in [1.82, 2.24) is 0 Å². The van der Waals surface area contributed by atoms with Gasteiger partial charge in [-0.05, 0) is 45.9 Å². The van der Waals surface area contributed by atoms with Crippen molar-refractivity contribution in [3.05, 3.63) is 82.4 Å². The lowest BCUT2D eigenvalue weighted by molar-refractivity contribution is -0.231. The summed E-state index contributed by atoms with van der Waals surface area (Å²) in [6, 6.07) is 16.9. The molecule has 0 spiro atoms. The van der Waals surface area contributed by atoms with Crippen LogP contribution < -0.4 is 0 Å². The Morgan fingerprint density at radius 2 is 1.74 bits per heavy atom. The van der Waals surface area contributed by atoms with Crippen LogP contribution in [0, 0.1) is 0 Å². The summed E-state index contributed by atoms with van der Waals surface area (Å²) in [4.78, 5) is 12.6. The molecule has 0 amide bonds. The molecular weight excluding hydrogens is 460 g/mol. The fraction of sp³-hybridized carbons (Fsp3) is 0.346. The van der Waals surface area contributed by atoms with Crippen molar-refractivity contribution >= 4 is 17.6 Å². The zero-order valence-corrected chi connectivity index (χ0v) is 19.4. The fourth-order valence-electron chi connectivity index (χ4n) is 4.56. The van der Waals surface area contributed by atoms with Gasteiger partial charge in [-0.1, -0.05) is 48.5 Å². The lowest BCUT2D eigenvalue weighted by Gasteiger charge is -2.40. The third-order valence-corrected chi connectivity index (χ3v) is 6.53. The molecular formula is C26H27ClO7. The number of esters is 1. The van der Waals surface area contributed by atoms with Gasteiger partial charge in [-0.15, -0.1) is 11.6 Å². The van der Waals surface area contributed by atoms with Gasteiger partial charge >= 0.3 is 5.97 Å². The number of rotatable bonds is 6. The molecule has 0 aromatic heterocycles. The second-order valence-electron chi connectivity index (χ2n) is 8.46. The van der Waals surface area contributed by atoms with Gasteiger partial charge in [-0.2, -0.15) is 0 Å². The predicted molar refractivity (Wildman–Crippen MR) is 126 cm³/mol. The molecule has 7 nitrogen and oxygen atoms in total. The summed E-state index contributed by atoms with van der Waals surface area (Å²) >= 11 is 6.13. The average molecular weight is 487 g/mol. The minimum absolute atomic E-state index is 0.195. The highest BCUT2D eigenvalue weighted by atomic mass is 35.5. The molecule has 0 saturated carbocycles. The maximum absolute atomic E-state index is 12.6. The van der Waals surface area contributed by atoms with E-state index in [0.717, 1.165) is 27.8 Å². The summed E-state index contributed by atoms with van der Waals surface area (Å²) in [5.41, 5.74) is 5.08. The molecule has 3 aliphatic rings. The van der Waals surface area contributed by atoms with Crippen LogP contribution in [0.4, 0.5) is 0 Å². The first-order valence-electron chi connectivity index (χ1n) is 11.0. The Labute approximate surface area is 202 Å². The maximum Gasteiger partial charge on any atom is 0.338 e. The Morgan fingerprint density at radius 1 is 1.00 bits per heavy atom. The summed E-state index contributed by atoms with van der Waals surface area (Å²) in [7, 11) is 1.35. The Balaban J connectivity index is 1.75. The highest BCUT2D eigenvalue weighted by Gasteiger charge is 2.44.